The molecule has 0 aliphatic carbocycles. The summed E-state index contributed by atoms with van der Waals surface area (Å²) in [6, 6.07) is 0. The largest absolute Gasteiger partial charge is 0.383 e. The van der Waals surface area contributed by atoms with Gasteiger partial charge in [-0.15, -0.1) is 0 Å². The van der Waals surface area contributed by atoms with Gasteiger partial charge in [0.25, 0.3) is 0 Å². The summed E-state index contributed by atoms with van der Waals surface area (Å²) in [6.07, 6.45) is 2.58. The van der Waals surface area contributed by atoms with Crippen molar-refractivity contribution in [2.24, 2.45) is 4.99 Å². The summed E-state index contributed by atoms with van der Waals surface area (Å²) in [6.45, 7) is -1.30. The first kappa shape index (κ1) is 14.4. The SMILES string of the molecule is CN=C(NCCOC)NCc1nccn1C(F)F. The van der Waals surface area contributed by atoms with Crippen LogP contribution in [0.1, 0.15) is 12.4 Å². The van der Waals surface area contributed by atoms with Gasteiger partial charge in [-0.25, -0.2) is 4.98 Å². The van der Waals surface area contributed by atoms with Crippen LogP contribution < -0.4 is 10.6 Å². The molecule has 0 aliphatic heterocycles. The predicted molar refractivity (Wildman–Crippen MR) is 63.6 cm³/mol. The monoisotopic (exact) mass is 261 g/mol. The van der Waals surface area contributed by atoms with E-state index in [2.05, 4.69) is 20.6 Å². The lowest BCUT2D eigenvalue weighted by molar-refractivity contribution is 0.0668. The molecular formula is C10H17F2N5O. The highest BCUT2D eigenvalue weighted by Crippen LogP contribution is 2.11. The molecule has 6 nitrogen and oxygen atoms in total. The van der Waals surface area contributed by atoms with E-state index in [1.165, 1.54) is 12.4 Å². The van der Waals surface area contributed by atoms with Gasteiger partial charge >= 0.3 is 6.55 Å². The number of alkyl halides is 2. The van der Waals surface area contributed by atoms with Gasteiger partial charge in [0.15, 0.2) is 5.96 Å². The van der Waals surface area contributed by atoms with E-state index in [4.69, 9.17) is 4.74 Å². The minimum absolute atomic E-state index is 0.171. The summed E-state index contributed by atoms with van der Waals surface area (Å²) >= 11 is 0. The maximum atomic E-state index is 12.5. The first-order chi connectivity index (χ1) is 8.69. The highest BCUT2D eigenvalue weighted by Gasteiger charge is 2.11. The summed E-state index contributed by atoms with van der Waals surface area (Å²) in [5.74, 6) is 0.760. The van der Waals surface area contributed by atoms with Crippen LogP contribution in [0.3, 0.4) is 0 Å². The van der Waals surface area contributed by atoms with E-state index in [9.17, 15) is 8.78 Å². The molecule has 0 amide bonds. The highest BCUT2D eigenvalue weighted by molar-refractivity contribution is 5.79. The fraction of sp³-hybridized carbons (Fsp3) is 0.600. The molecule has 0 unspecified atom stereocenters. The van der Waals surface area contributed by atoms with Crippen LogP contribution in [0, 0.1) is 0 Å². The Balaban J connectivity index is 2.45. The van der Waals surface area contributed by atoms with Crippen molar-refractivity contribution in [2.45, 2.75) is 13.1 Å². The molecule has 0 aromatic carbocycles. The normalized spacial score (nSPS) is 11.9. The van der Waals surface area contributed by atoms with Crippen molar-refractivity contribution in [3.05, 3.63) is 18.2 Å². The van der Waals surface area contributed by atoms with E-state index in [0.717, 1.165) is 4.57 Å². The summed E-state index contributed by atoms with van der Waals surface area (Å²) in [7, 11) is 3.19. The van der Waals surface area contributed by atoms with Gasteiger partial charge < -0.3 is 15.4 Å². The Labute approximate surface area is 104 Å². The van der Waals surface area contributed by atoms with E-state index in [-0.39, 0.29) is 12.4 Å². The quantitative estimate of drug-likeness (QED) is 0.447. The van der Waals surface area contributed by atoms with Crippen molar-refractivity contribution in [1.82, 2.24) is 20.2 Å². The Kier molecular flexibility index (Phi) is 6.06. The zero-order chi connectivity index (χ0) is 13.4. The molecule has 1 rings (SSSR count). The topological polar surface area (TPSA) is 63.5 Å². The fourth-order valence-corrected chi connectivity index (χ4v) is 1.31. The van der Waals surface area contributed by atoms with Crippen molar-refractivity contribution >= 4 is 5.96 Å². The lowest BCUT2D eigenvalue weighted by Crippen LogP contribution is -2.39. The third kappa shape index (κ3) is 4.28. The van der Waals surface area contributed by atoms with Gasteiger partial charge in [-0.2, -0.15) is 8.78 Å². The third-order valence-electron chi connectivity index (χ3n) is 2.20. The van der Waals surface area contributed by atoms with E-state index in [0.29, 0.717) is 19.1 Å². The van der Waals surface area contributed by atoms with Crippen LogP contribution in [-0.2, 0) is 11.3 Å². The predicted octanol–water partition coefficient (Wildman–Crippen LogP) is 0.590. The molecule has 8 heteroatoms. The fourth-order valence-electron chi connectivity index (χ4n) is 1.31. The number of nitrogens with zero attached hydrogens (tertiary/aromatic N) is 3. The van der Waals surface area contributed by atoms with Crippen molar-refractivity contribution in [3.8, 4) is 0 Å². The zero-order valence-corrected chi connectivity index (χ0v) is 10.4. The lowest BCUT2D eigenvalue weighted by atomic mass is 10.5. The number of hydrogen-bond acceptors (Lipinski definition) is 3. The van der Waals surface area contributed by atoms with Crippen LogP contribution in [-0.4, -0.2) is 42.8 Å². The van der Waals surface area contributed by atoms with Gasteiger partial charge in [0, 0.05) is 33.1 Å². The number of imidazole rings is 1. The van der Waals surface area contributed by atoms with Crippen LogP contribution in [0.4, 0.5) is 8.78 Å². The number of methoxy groups -OCH3 is 1. The van der Waals surface area contributed by atoms with E-state index in [1.807, 2.05) is 0 Å². The molecule has 0 saturated carbocycles. The van der Waals surface area contributed by atoms with Crippen molar-refractivity contribution < 1.29 is 13.5 Å². The van der Waals surface area contributed by atoms with Crippen LogP contribution in [0.25, 0.3) is 0 Å². The number of hydrogen-bond donors (Lipinski definition) is 2. The summed E-state index contributed by atoms with van der Waals surface area (Å²) in [4.78, 5) is 7.80. The number of aromatic nitrogens is 2. The van der Waals surface area contributed by atoms with E-state index in [1.54, 1.807) is 14.2 Å². The Hall–Kier alpha value is -1.70. The summed E-state index contributed by atoms with van der Waals surface area (Å²) in [5, 5.41) is 5.86. The number of halogens is 2. The molecule has 0 atom stereocenters. The maximum Gasteiger partial charge on any atom is 0.319 e. The number of rotatable bonds is 6. The average Bonchev–Trinajstić information content (AvgIpc) is 2.82. The molecule has 0 fully saturated rings. The molecule has 0 aliphatic rings. The smallest absolute Gasteiger partial charge is 0.319 e. The highest BCUT2D eigenvalue weighted by atomic mass is 19.3. The van der Waals surface area contributed by atoms with Gasteiger partial charge in [-0.3, -0.25) is 9.56 Å². The second-order valence-corrected chi connectivity index (χ2v) is 3.37. The molecule has 0 spiro atoms. The molecule has 0 bridgehead atoms. The standard InChI is InChI=1S/C10H17F2N5O/c1-13-10(15-4-6-18-2)16-7-8-14-3-5-17(8)9(11)12/h3,5,9H,4,6-7H2,1-2H3,(H2,13,15,16). The van der Waals surface area contributed by atoms with Crippen molar-refractivity contribution in [3.63, 3.8) is 0 Å². The first-order valence-electron chi connectivity index (χ1n) is 5.42. The maximum absolute atomic E-state index is 12.5. The zero-order valence-electron chi connectivity index (χ0n) is 10.4. The minimum atomic E-state index is -2.59. The molecule has 0 saturated heterocycles. The molecule has 0 radical (unpaired) electrons. The Morgan fingerprint density at radius 1 is 1.56 bits per heavy atom. The van der Waals surface area contributed by atoms with E-state index < -0.39 is 6.55 Å². The Morgan fingerprint density at radius 2 is 2.33 bits per heavy atom. The molecule has 1 aromatic rings. The second kappa shape index (κ2) is 7.59. The van der Waals surface area contributed by atoms with Crippen LogP contribution in [0.5, 0.6) is 0 Å². The number of ether oxygens (including phenoxy) is 1. The second-order valence-electron chi connectivity index (χ2n) is 3.37. The lowest BCUT2D eigenvalue weighted by Gasteiger charge is -2.12. The van der Waals surface area contributed by atoms with Crippen molar-refractivity contribution in [1.29, 1.82) is 0 Å². The average molecular weight is 261 g/mol. The first-order valence-corrected chi connectivity index (χ1v) is 5.42. The van der Waals surface area contributed by atoms with Crippen LogP contribution >= 0.6 is 0 Å². The Bertz CT molecular complexity index is 380. The van der Waals surface area contributed by atoms with Gasteiger partial charge in [0.1, 0.15) is 5.82 Å². The van der Waals surface area contributed by atoms with Gasteiger partial charge in [0.2, 0.25) is 0 Å². The summed E-state index contributed by atoms with van der Waals surface area (Å²) < 4.78 is 30.8. The molecular weight excluding hydrogens is 244 g/mol. The molecule has 1 aromatic heterocycles. The minimum Gasteiger partial charge on any atom is -0.383 e. The molecule has 2 N–H and O–H groups in total. The van der Waals surface area contributed by atoms with E-state index >= 15 is 0 Å². The third-order valence-corrected chi connectivity index (χ3v) is 2.20. The molecule has 102 valence electrons. The van der Waals surface area contributed by atoms with Crippen LogP contribution in [0.15, 0.2) is 17.4 Å². The molecule has 18 heavy (non-hydrogen) atoms. The van der Waals surface area contributed by atoms with Crippen LogP contribution in [0.2, 0.25) is 0 Å². The van der Waals surface area contributed by atoms with Gasteiger partial charge in [-0.05, 0) is 0 Å². The van der Waals surface area contributed by atoms with Gasteiger partial charge in [-0.1, -0.05) is 0 Å². The van der Waals surface area contributed by atoms with Gasteiger partial charge in [0.05, 0.1) is 13.2 Å². The number of guanidine groups is 1. The summed E-state index contributed by atoms with van der Waals surface area (Å²) in [5.41, 5.74) is 0. The number of nitrogens with one attached hydrogen (secondary N) is 2. The number of aliphatic imine (C=N–C) groups is 1. The van der Waals surface area contributed by atoms with Crippen molar-refractivity contribution in [2.75, 3.05) is 27.3 Å². The molecule has 1 heterocycles. The Morgan fingerprint density at radius 3 is 2.94 bits per heavy atom.